The predicted octanol–water partition coefficient (Wildman–Crippen LogP) is 3.48. The average Bonchev–Trinajstić information content (AvgIpc) is 2.86. The van der Waals surface area contributed by atoms with Crippen molar-refractivity contribution < 1.29 is 0 Å². The Morgan fingerprint density at radius 2 is 2.29 bits per heavy atom. The van der Waals surface area contributed by atoms with E-state index in [0.717, 1.165) is 19.4 Å². The molecule has 0 bridgehead atoms. The Morgan fingerprint density at radius 1 is 1.43 bits per heavy atom. The zero-order chi connectivity index (χ0) is 14.8. The molecule has 2 aliphatic rings. The number of hydrogen-bond acceptors (Lipinski definition) is 2. The molecular formula is C18H27N3. The Labute approximate surface area is 128 Å². The van der Waals surface area contributed by atoms with Gasteiger partial charge in [0.2, 0.25) is 0 Å². The lowest BCUT2D eigenvalue weighted by Gasteiger charge is -2.30. The van der Waals surface area contributed by atoms with E-state index < -0.39 is 0 Å². The topological polar surface area (TPSA) is 29.9 Å². The van der Waals surface area contributed by atoms with Gasteiger partial charge in [-0.2, -0.15) is 5.10 Å². The maximum Gasteiger partial charge on any atom is 0.0521 e. The number of allylic oxidation sites excluding steroid dienone is 3. The van der Waals surface area contributed by atoms with Crippen molar-refractivity contribution >= 4 is 0 Å². The molecule has 1 aromatic rings. The molecule has 2 unspecified atom stereocenters. The first-order valence-electron chi connectivity index (χ1n) is 8.30. The summed E-state index contributed by atoms with van der Waals surface area (Å²) in [6, 6.07) is 0. The lowest BCUT2D eigenvalue weighted by atomic mass is 9.79. The van der Waals surface area contributed by atoms with Crippen LogP contribution in [0.1, 0.15) is 49.8 Å². The Bertz CT molecular complexity index is 540. The highest BCUT2D eigenvalue weighted by atomic mass is 15.3. The normalized spacial score (nSPS) is 26.4. The van der Waals surface area contributed by atoms with E-state index in [1.807, 2.05) is 6.20 Å². The Balaban J connectivity index is 1.85. The summed E-state index contributed by atoms with van der Waals surface area (Å²) < 4.78 is 2.06. The van der Waals surface area contributed by atoms with Crippen molar-refractivity contribution in [3.8, 4) is 0 Å². The summed E-state index contributed by atoms with van der Waals surface area (Å²) in [7, 11) is 2.07. The van der Waals surface area contributed by atoms with Crippen LogP contribution in [0.15, 0.2) is 29.5 Å². The van der Waals surface area contributed by atoms with Crippen molar-refractivity contribution in [3.63, 3.8) is 0 Å². The largest absolute Gasteiger partial charge is 0.316 e. The van der Waals surface area contributed by atoms with Gasteiger partial charge in [-0.05, 0) is 56.2 Å². The third kappa shape index (κ3) is 2.84. The van der Waals surface area contributed by atoms with E-state index >= 15 is 0 Å². The van der Waals surface area contributed by atoms with Gasteiger partial charge in [0.05, 0.1) is 6.20 Å². The molecular weight excluding hydrogens is 258 g/mol. The number of nitrogens with zero attached hydrogens (tertiary/aromatic N) is 2. The van der Waals surface area contributed by atoms with Gasteiger partial charge in [-0.15, -0.1) is 0 Å². The van der Waals surface area contributed by atoms with E-state index in [-0.39, 0.29) is 0 Å². The summed E-state index contributed by atoms with van der Waals surface area (Å²) in [5.41, 5.74) is 5.85. The lowest BCUT2D eigenvalue weighted by molar-refractivity contribution is 0.424. The summed E-state index contributed by atoms with van der Waals surface area (Å²) in [5.74, 6) is 1.23. The standard InChI is InChI=1S/C18H27N3/c1-4-14-10-15(16-6-5-9-19-12-16)7-8-17(14)18-13(2)11-20-21(18)3/h7,10-11,16-17,19H,4-6,8-9,12H2,1-3H3. The number of rotatable bonds is 3. The van der Waals surface area contributed by atoms with Gasteiger partial charge >= 0.3 is 0 Å². The fraction of sp³-hybridized carbons (Fsp3) is 0.611. The first-order valence-corrected chi connectivity index (χ1v) is 8.30. The zero-order valence-electron chi connectivity index (χ0n) is 13.5. The van der Waals surface area contributed by atoms with E-state index in [2.05, 4.69) is 48.1 Å². The molecule has 0 aromatic carbocycles. The van der Waals surface area contributed by atoms with Gasteiger partial charge < -0.3 is 5.32 Å². The van der Waals surface area contributed by atoms with Crippen LogP contribution in [0, 0.1) is 12.8 Å². The predicted molar refractivity (Wildman–Crippen MR) is 87.4 cm³/mol. The molecule has 21 heavy (non-hydrogen) atoms. The summed E-state index contributed by atoms with van der Waals surface area (Å²) in [5, 5.41) is 7.97. The minimum Gasteiger partial charge on any atom is -0.316 e. The van der Waals surface area contributed by atoms with Gasteiger partial charge in [0.15, 0.2) is 0 Å². The summed E-state index contributed by atoms with van der Waals surface area (Å²) >= 11 is 0. The monoisotopic (exact) mass is 285 g/mol. The maximum atomic E-state index is 4.43. The van der Waals surface area contributed by atoms with Crippen LogP contribution in [0.25, 0.3) is 0 Å². The van der Waals surface area contributed by atoms with Crippen LogP contribution in [0.5, 0.6) is 0 Å². The van der Waals surface area contributed by atoms with Gasteiger partial charge in [-0.3, -0.25) is 4.68 Å². The summed E-state index contributed by atoms with van der Waals surface area (Å²) in [4.78, 5) is 0. The molecule has 3 rings (SSSR count). The molecule has 1 aliphatic heterocycles. The van der Waals surface area contributed by atoms with E-state index in [0.29, 0.717) is 11.8 Å². The number of piperidine rings is 1. The molecule has 3 nitrogen and oxygen atoms in total. The van der Waals surface area contributed by atoms with E-state index in [4.69, 9.17) is 0 Å². The van der Waals surface area contributed by atoms with Crippen molar-refractivity contribution in [2.45, 2.75) is 45.4 Å². The molecule has 1 saturated heterocycles. The first kappa shape index (κ1) is 14.6. The van der Waals surface area contributed by atoms with E-state index in [9.17, 15) is 0 Å². The van der Waals surface area contributed by atoms with Crippen LogP contribution in [0.3, 0.4) is 0 Å². The van der Waals surface area contributed by atoms with Gasteiger partial charge in [0, 0.05) is 25.2 Å². The van der Waals surface area contributed by atoms with Crippen LogP contribution in [0.2, 0.25) is 0 Å². The molecule has 0 saturated carbocycles. The van der Waals surface area contributed by atoms with Crippen molar-refractivity contribution in [1.29, 1.82) is 0 Å². The molecule has 1 aromatic heterocycles. The maximum absolute atomic E-state index is 4.43. The Hall–Kier alpha value is -1.35. The van der Waals surface area contributed by atoms with E-state index in [1.54, 1.807) is 11.1 Å². The van der Waals surface area contributed by atoms with Gasteiger partial charge in [-0.25, -0.2) is 0 Å². The lowest BCUT2D eigenvalue weighted by Crippen LogP contribution is -2.31. The molecule has 3 heteroatoms. The highest BCUT2D eigenvalue weighted by Gasteiger charge is 2.26. The molecule has 1 N–H and O–H groups in total. The third-order valence-corrected chi connectivity index (χ3v) is 5.07. The molecule has 0 spiro atoms. The van der Waals surface area contributed by atoms with Crippen molar-refractivity contribution in [3.05, 3.63) is 40.8 Å². The molecule has 2 atom stereocenters. The van der Waals surface area contributed by atoms with Crippen LogP contribution < -0.4 is 5.32 Å². The van der Waals surface area contributed by atoms with Gasteiger partial charge in [0.25, 0.3) is 0 Å². The Morgan fingerprint density at radius 3 is 2.90 bits per heavy atom. The average molecular weight is 285 g/mol. The number of aromatic nitrogens is 2. The smallest absolute Gasteiger partial charge is 0.0521 e. The molecule has 1 aliphatic carbocycles. The molecule has 114 valence electrons. The number of nitrogens with one attached hydrogen (secondary N) is 1. The second-order valence-corrected chi connectivity index (χ2v) is 6.44. The van der Waals surface area contributed by atoms with Crippen molar-refractivity contribution in [1.82, 2.24) is 15.1 Å². The van der Waals surface area contributed by atoms with Crippen LogP contribution in [0.4, 0.5) is 0 Å². The highest BCUT2D eigenvalue weighted by molar-refractivity contribution is 5.39. The minimum absolute atomic E-state index is 0.516. The van der Waals surface area contributed by atoms with Gasteiger partial charge in [0.1, 0.15) is 0 Å². The molecule has 0 amide bonds. The van der Waals surface area contributed by atoms with Crippen molar-refractivity contribution in [2.24, 2.45) is 13.0 Å². The van der Waals surface area contributed by atoms with E-state index in [1.165, 1.54) is 30.6 Å². The van der Waals surface area contributed by atoms with Gasteiger partial charge in [-0.1, -0.05) is 24.6 Å². The summed E-state index contributed by atoms with van der Waals surface area (Å²) in [6.45, 7) is 6.80. The first-order chi connectivity index (χ1) is 10.2. The quantitative estimate of drug-likeness (QED) is 0.921. The fourth-order valence-electron chi connectivity index (χ4n) is 3.89. The van der Waals surface area contributed by atoms with Crippen LogP contribution in [-0.2, 0) is 7.05 Å². The number of aryl methyl sites for hydroxylation is 2. The SMILES string of the molecule is CCC1=CC(C2CCCNC2)=CCC1c1c(C)cnn1C. The zero-order valence-corrected chi connectivity index (χ0v) is 13.5. The fourth-order valence-corrected chi connectivity index (χ4v) is 3.89. The van der Waals surface area contributed by atoms with Crippen LogP contribution >= 0.6 is 0 Å². The third-order valence-electron chi connectivity index (χ3n) is 5.07. The second kappa shape index (κ2) is 6.18. The number of hydrogen-bond donors (Lipinski definition) is 1. The Kier molecular flexibility index (Phi) is 4.29. The second-order valence-electron chi connectivity index (χ2n) is 6.44. The highest BCUT2D eigenvalue weighted by Crippen LogP contribution is 2.38. The molecule has 0 radical (unpaired) electrons. The van der Waals surface area contributed by atoms with Crippen LogP contribution in [-0.4, -0.2) is 22.9 Å². The molecule has 1 fully saturated rings. The summed E-state index contributed by atoms with van der Waals surface area (Å²) in [6.07, 6.45) is 11.9. The minimum atomic E-state index is 0.516. The van der Waals surface area contributed by atoms with Crippen molar-refractivity contribution in [2.75, 3.05) is 13.1 Å². The molecule has 2 heterocycles.